The highest BCUT2D eigenvalue weighted by molar-refractivity contribution is 6.03. The van der Waals surface area contributed by atoms with Crippen molar-refractivity contribution in [2.24, 2.45) is 5.10 Å². The van der Waals surface area contributed by atoms with E-state index >= 15 is 0 Å². The molecule has 31 heavy (non-hydrogen) atoms. The number of amides is 1. The quantitative estimate of drug-likeness (QED) is 0.719. The van der Waals surface area contributed by atoms with Gasteiger partial charge in [0.1, 0.15) is 5.75 Å². The van der Waals surface area contributed by atoms with E-state index in [1.54, 1.807) is 5.01 Å². The van der Waals surface area contributed by atoms with Crippen molar-refractivity contribution in [1.82, 2.24) is 14.8 Å². The predicted octanol–water partition coefficient (Wildman–Crippen LogP) is 3.32. The number of piperazine rings is 1. The minimum absolute atomic E-state index is 0.0607. The summed E-state index contributed by atoms with van der Waals surface area (Å²) in [6, 6.07) is 16.4. The number of hydrazone groups is 1. The number of nitrogens with zero attached hydrogens (tertiary/aromatic N) is 4. The summed E-state index contributed by atoms with van der Waals surface area (Å²) in [7, 11) is 2.12. The molecule has 1 fully saturated rings. The van der Waals surface area contributed by atoms with E-state index < -0.39 is 0 Å². The maximum absolute atomic E-state index is 13.3. The van der Waals surface area contributed by atoms with Gasteiger partial charge in [-0.3, -0.25) is 9.69 Å². The lowest BCUT2D eigenvalue weighted by molar-refractivity contribution is -0.134. The zero-order valence-corrected chi connectivity index (χ0v) is 18.8. The SMILES string of the molecule is CCOc1ccc(C2CC(c3ccc(C)cc3)=NN2C(=O)CN2CCN(C)CC2)cc1. The van der Waals surface area contributed by atoms with Crippen molar-refractivity contribution in [3.8, 4) is 5.75 Å². The third kappa shape index (κ3) is 5.14. The first kappa shape index (κ1) is 21.5. The van der Waals surface area contributed by atoms with Crippen LogP contribution in [0, 0.1) is 6.92 Å². The normalized spacial score (nSPS) is 20.0. The second-order valence-corrected chi connectivity index (χ2v) is 8.45. The van der Waals surface area contributed by atoms with Crippen LogP contribution in [-0.2, 0) is 4.79 Å². The molecule has 6 nitrogen and oxygen atoms in total. The van der Waals surface area contributed by atoms with Crippen molar-refractivity contribution < 1.29 is 9.53 Å². The molecule has 1 amide bonds. The van der Waals surface area contributed by atoms with Gasteiger partial charge in [-0.05, 0) is 44.2 Å². The number of likely N-dealkylation sites (N-methyl/N-ethyl adjacent to an activating group) is 1. The Balaban J connectivity index is 1.56. The summed E-state index contributed by atoms with van der Waals surface area (Å²) in [6.07, 6.45) is 0.714. The number of benzene rings is 2. The molecule has 1 saturated heterocycles. The number of carbonyl (C=O) groups is 1. The fourth-order valence-corrected chi connectivity index (χ4v) is 4.14. The zero-order valence-electron chi connectivity index (χ0n) is 18.8. The lowest BCUT2D eigenvalue weighted by Gasteiger charge is -2.33. The van der Waals surface area contributed by atoms with Crippen LogP contribution in [0.15, 0.2) is 53.6 Å². The van der Waals surface area contributed by atoms with E-state index in [1.165, 1.54) is 5.56 Å². The molecule has 0 spiro atoms. The van der Waals surface area contributed by atoms with Crippen LogP contribution in [-0.4, -0.2) is 72.8 Å². The van der Waals surface area contributed by atoms with Gasteiger partial charge in [-0.2, -0.15) is 5.10 Å². The molecular weight excluding hydrogens is 388 g/mol. The summed E-state index contributed by atoms with van der Waals surface area (Å²) in [5.74, 6) is 0.907. The van der Waals surface area contributed by atoms with Crippen LogP contribution >= 0.6 is 0 Å². The van der Waals surface area contributed by atoms with Gasteiger partial charge in [-0.25, -0.2) is 5.01 Å². The Kier molecular flexibility index (Phi) is 6.68. The lowest BCUT2D eigenvalue weighted by atomic mass is 9.98. The Morgan fingerprint density at radius 1 is 1.03 bits per heavy atom. The van der Waals surface area contributed by atoms with Crippen molar-refractivity contribution >= 4 is 11.6 Å². The highest BCUT2D eigenvalue weighted by atomic mass is 16.5. The molecular formula is C25H32N4O2. The molecule has 0 aromatic heterocycles. The minimum atomic E-state index is -0.0908. The van der Waals surface area contributed by atoms with E-state index in [9.17, 15) is 4.79 Å². The van der Waals surface area contributed by atoms with Gasteiger partial charge in [0.2, 0.25) is 0 Å². The van der Waals surface area contributed by atoms with E-state index in [0.29, 0.717) is 19.6 Å². The molecule has 2 aromatic carbocycles. The molecule has 4 rings (SSSR count). The summed E-state index contributed by atoms with van der Waals surface area (Å²) >= 11 is 0. The Bertz CT molecular complexity index is 916. The molecule has 2 aliphatic heterocycles. The molecule has 2 heterocycles. The van der Waals surface area contributed by atoms with E-state index in [-0.39, 0.29) is 11.9 Å². The first-order valence-electron chi connectivity index (χ1n) is 11.1. The molecule has 164 valence electrons. The predicted molar refractivity (Wildman–Crippen MR) is 123 cm³/mol. The maximum Gasteiger partial charge on any atom is 0.257 e. The van der Waals surface area contributed by atoms with Crippen molar-refractivity contribution in [2.75, 3.05) is 46.4 Å². The van der Waals surface area contributed by atoms with E-state index in [0.717, 1.165) is 48.8 Å². The molecule has 0 aliphatic carbocycles. The standard InChI is InChI=1S/C25H32N4O2/c1-4-31-22-11-9-21(10-12-22)24-17-23(20-7-5-19(2)6-8-20)26-29(24)25(30)18-28-15-13-27(3)14-16-28/h5-12,24H,4,13-18H2,1-3H3. The lowest BCUT2D eigenvalue weighted by Crippen LogP contribution is -2.48. The van der Waals surface area contributed by atoms with Gasteiger partial charge < -0.3 is 9.64 Å². The van der Waals surface area contributed by atoms with E-state index in [2.05, 4.69) is 60.2 Å². The highest BCUT2D eigenvalue weighted by Gasteiger charge is 2.34. The molecule has 0 radical (unpaired) electrons. The summed E-state index contributed by atoms with van der Waals surface area (Å²) in [4.78, 5) is 17.9. The monoisotopic (exact) mass is 420 g/mol. The number of carbonyl (C=O) groups excluding carboxylic acids is 1. The van der Waals surface area contributed by atoms with Gasteiger partial charge in [0.25, 0.3) is 5.91 Å². The Morgan fingerprint density at radius 2 is 1.71 bits per heavy atom. The Morgan fingerprint density at radius 3 is 2.35 bits per heavy atom. The summed E-state index contributed by atoms with van der Waals surface area (Å²) < 4.78 is 5.59. The molecule has 1 unspecified atom stereocenters. The van der Waals surface area contributed by atoms with Crippen molar-refractivity contribution in [3.05, 3.63) is 65.2 Å². The van der Waals surface area contributed by atoms with Crippen molar-refractivity contribution in [2.45, 2.75) is 26.3 Å². The maximum atomic E-state index is 13.3. The topological polar surface area (TPSA) is 48.4 Å². The van der Waals surface area contributed by atoms with Gasteiger partial charge in [0, 0.05) is 32.6 Å². The summed E-state index contributed by atoms with van der Waals surface area (Å²) in [5, 5.41) is 6.53. The molecule has 2 aromatic rings. The minimum Gasteiger partial charge on any atom is -0.494 e. The fraction of sp³-hybridized carbons (Fsp3) is 0.440. The first-order valence-corrected chi connectivity index (χ1v) is 11.1. The van der Waals surface area contributed by atoms with Gasteiger partial charge in [0.05, 0.1) is 24.9 Å². The van der Waals surface area contributed by atoms with Crippen molar-refractivity contribution in [3.63, 3.8) is 0 Å². The van der Waals surface area contributed by atoms with Gasteiger partial charge >= 0.3 is 0 Å². The summed E-state index contributed by atoms with van der Waals surface area (Å²) in [5.41, 5.74) is 4.34. The van der Waals surface area contributed by atoms with Crippen LogP contribution in [0.5, 0.6) is 5.75 Å². The van der Waals surface area contributed by atoms with Crippen molar-refractivity contribution in [1.29, 1.82) is 0 Å². The number of aryl methyl sites for hydroxylation is 1. The van der Waals surface area contributed by atoms with Gasteiger partial charge in [-0.1, -0.05) is 42.0 Å². The van der Waals surface area contributed by atoms with Crippen LogP contribution in [0.3, 0.4) is 0 Å². The van der Waals surface area contributed by atoms with E-state index in [1.807, 2.05) is 19.1 Å². The van der Waals surface area contributed by atoms with E-state index in [4.69, 9.17) is 9.84 Å². The van der Waals surface area contributed by atoms with Crippen LogP contribution in [0.4, 0.5) is 0 Å². The second-order valence-electron chi connectivity index (χ2n) is 8.45. The Labute approximate surface area is 185 Å². The van der Waals surface area contributed by atoms with Crippen LogP contribution in [0.1, 0.15) is 36.1 Å². The molecule has 0 bridgehead atoms. The van der Waals surface area contributed by atoms with Gasteiger partial charge in [0.15, 0.2) is 0 Å². The number of rotatable bonds is 6. The molecule has 0 saturated carbocycles. The summed E-state index contributed by atoms with van der Waals surface area (Å²) in [6.45, 7) is 8.92. The average Bonchev–Trinajstić information content (AvgIpc) is 3.22. The molecule has 0 N–H and O–H groups in total. The fourth-order valence-electron chi connectivity index (χ4n) is 4.14. The van der Waals surface area contributed by atoms with Gasteiger partial charge in [-0.15, -0.1) is 0 Å². The van der Waals surface area contributed by atoms with Crippen LogP contribution < -0.4 is 4.74 Å². The highest BCUT2D eigenvalue weighted by Crippen LogP contribution is 2.34. The first-order chi connectivity index (χ1) is 15.0. The second kappa shape index (κ2) is 9.62. The smallest absolute Gasteiger partial charge is 0.257 e. The molecule has 1 atom stereocenters. The number of ether oxygens (including phenoxy) is 1. The largest absolute Gasteiger partial charge is 0.494 e. The Hall–Kier alpha value is -2.70. The third-order valence-corrected chi connectivity index (χ3v) is 6.08. The molecule has 6 heteroatoms. The number of hydrogen-bond donors (Lipinski definition) is 0. The number of hydrogen-bond acceptors (Lipinski definition) is 5. The average molecular weight is 421 g/mol. The third-order valence-electron chi connectivity index (χ3n) is 6.08. The zero-order chi connectivity index (χ0) is 21.8. The molecule has 2 aliphatic rings. The van der Waals surface area contributed by atoms with Crippen LogP contribution in [0.25, 0.3) is 0 Å². The van der Waals surface area contributed by atoms with Crippen LogP contribution in [0.2, 0.25) is 0 Å².